The first-order chi connectivity index (χ1) is 11.4. The third-order valence-corrected chi connectivity index (χ3v) is 5.78. The van der Waals surface area contributed by atoms with Crippen molar-refractivity contribution < 1.29 is 19.5 Å². The fraction of sp³-hybridized carbons (Fsp3) is 0.824. The smallest absolute Gasteiger partial charge is 0.317 e. The molecule has 3 rings (SSSR count). The predicted octanol–water partition coefficient (Wildman–Crippen LogP) is 1.43. The summed E-state index contributed by atoms with van der Waals surface area (Å²) in [5, 5.41) is 12.2. The van der Waals surface area contributed by atoms with Crippen molar-refractivity contribution >= 4 is 17.9 Å². The van der Waals surface area contributed by atoms with Gasteiger partial charge in [0.15, 0.2) is 0 Å². The molecule has 2 saturated heterocycles. The third-order valence-electron chi connectivity index (χ3n) is 5.78. The van der Waals surface area contributed by atoms with Crippen molar-refractivity contribution in [3.8, 4) is 0 Å². The highest BCUT2D eigenvalue weighted by Gasteiger charge is 2.43. The molecule has 3 aliphatic rings. The van der Waals surface area contributed by atoms with E-state index in [2.05, 4.69) is 5.32 Å². The zero-order valence-corrected chi connectivity index (χ0v) is 14.3. The molecule has 134 valence electrons. The van der Waals surface area contributed by atoms with Crippen LogP contribution in [0.1, 0.15) is 51.9 Å². The van der Waals surface area contributed by atoms with E-state index in [1.807, 2.05) is 4.90 Å². The van der Waals surface area contributed by atoms with Crippen LogP contribution in [0.15, 0.2) is 0 Å². The Morgan fingerprint density at radius 1 is 1.25 bits per heavy atom. The summed E-state index contributed by atoms with van der Waals surface area (Å²) >= 11 is 0. The summed E-state index contributed by atoms with van der Waals surface area (Å²) in [5.74, 6) is -0.735. The van der Waals surface area contributed by atoms with Crippen LogP contribution >= 0.6 is 0 Å². The number of amides is 3. The topological polar surface area (TPSA) is 90.0 Å². The second-order valence-electron chi connectivity index (χ2n) is 7.73. The number of nitrogens with zero attached hydrogens (tertiary/aromatic N) is 2. The van der Waals surface area contributed by atoms with Crippen LogP contribution in [0.5, 0.6) is 0 Å². The molecule has 1 saturated carbocycles. The fourth-order valence-electron chi connectivity index (χ4n) is 4.15. The number of nitrogens with one attached hydrogen (secondary N) is 1. The molecule has 2 atom stereocenters. The van der Waals surface area contributed by atoms with Gasteiger partial charge in [-0.25, -0.2) is 4.79 Å². The molecule has 0 aromatic carbocycles. The Labute approximate surface area is 142 Å². The Kier molecular flexibility index (Phi) is 4.69. The molecule has 0 radical (unpaired) electrons. The molecule has 2 unspecified atom stereocenters. The van der Waals surface area contributed by atoms with Gasteiger partial charge in [-0.15, -0.1) is 0 Å². The predicted molar refractivity (Wildman–Crippen MR) is 87.5 cm³/mol. The first kappa shape index (κ1) is 17.0. The quantitative estimate of drug-likeness (QED) is 0.815. The molecule has 0 bridgehead atoms. The van der Waals surface area contributed by atoms with Crippen molar-refractivity contribution in [1.82, 2.24) is 15.1 Å². The summed E-state index contributed by atoms with van der Waals surface area (Å²) in [6.07, 6.45) is 6.54. The molecule has 2 heterocycles. The lowest BCUT2D eigenvalue weighted by atomic mass is 9.90. The lowest BCUT2D eigenvalue weighted by Crippen LogP contribution is -2.46. The van der Waals surface area contributed by atoms with Gasteiger partial charge in [-0.1, -0.05) is 19.3 Å². The maximum absolute atomic E-state index is 12.4. The summed E-state index contributed by atoms with van der Waals surface area (Å²) in [4.78, 5) is 39.4. The van der Waals surface area contributed by atoms with Gasteiger partial charge in [0.05, 0.1) is 11.5 Å². The number of carbonyl (C=O) groups excluding carboxylic acids is 2. The Morgan fingerprint density at radius 3 is 2.58 bits per heavy atom. The Hall–Kier alpha value is -1.79. The van der Waals surface area contributed by atoms with Crippen molar-refractivity contribution in [2.45, 2.75) is 64.0 Å². The molecule has 7 nitrogen and oxygen atoms in total. The van der Waals surface area contributed by atoms with E-state index >= 15 is 0 Å². The number of rotatable bonds is 3. The molecule has 2 aliphatic heterocycles. The van der Waals surface area contributed by atoms with Gasteiger partial charge >= 0.3 is 12.0 Å². The van der Waals surface area contributed by atoms with Gasteiger partial charge in [0.25, 0.3) is 0 Å². The summed E-state index contributed by atoms with van der Waals surface area (Å²) < 4.78 is 0. The van der Waals surface area contributed by atoms with E-state index < -0.39 is 11.4 Å². The van der Waals surface area contributed by atoms with E-state index in [4.69, 9.17) is 0 Å². The molecule has 3 amide bonds. The minimum Gasteiger partial charge on any atom is -0.481 e. The average molecular weight is 337 g/mol. The Bertz CT molecular complexity index is 532. The molecule has 0 spiro atoms. The lowest BCUT2D eigenvalue weighted by Gasteiger charge is -2.31. The highest BCUT2D eigenvalue weighted by molar-refractivity contribution is 5.83. The Balaban J connectivity index is 1.52. The molecule has 3 fully saturated rings. The minimum atomic E-state index is -0.864. The maximum Gasteiger partial charge on any atom is 0.317 e. The van der Waals surface area contributed by atoms with Crippen molar-refractivity contribution in [2.24, 2.45) is 5.41 Å². The van der Waals surface area contributed by atoms with Gasteiger partial charge in [0.1, 0.15) is 0 Å². The zero-order valence-electron chi connectivity index (χ0n) is 14.3. The summed E-state index contributed by atoms with van der Waals surface area (Å²) in [5.41, 5.74) is -0.864. The largest absolute Gasteiger partial charge is 0.481 e. The van der Waals surface area contributed by atoms with Gasteiger partial charge < -0.3 is 20.2 Å². The van der Waals surface area contributed by atoms with Crippen molar-refractivity contribution in [1.29, 1.82) is 0 Å². The highest BCUT2D eigenvalue weighted by atomic mass is 16.4. The Morgan fingerprint density at radius 2 is 1.96 bits per heavy atom. The first-order valence-electron chi connectivity index (χ1n) is 8.97. The van der Waals surface area contributed by atoms with Crippen LogP contribution in [0.4, 0.5) is 4.79 Å². The molecular weight excluding hydrogens is 310 g/mol. The maximum atomic E-state index is 12.4. The number of urea groups is 1. The van der Waals surface area contributed by atoms with Gasteiger partial charge in [0.2, 0.25) is 5.91 Å². The summed E-state index contributed by atoms with van der Waals surface area (Å²) in [6, 6.07) is -0.0814. The van der Waals surface area contributed by atoms with Crippen LogP contribution in [0.3, 0.4) is 0 Å². The molecule has 2 N–H and O–H groups in total. The third kappa shape index (κ3) is 3.35. The van der Waals surface area contributed by atoms with E-state index in [0.717, 1.165) is 12.8 Å². The van der Waals surface area contributed by atoms with Gasteiger partial charge in [-0.3, -0.25) is 9.59 Å². The molecule has 1 aliphatic carbocycles. The van der Waals surface area contributed by atoms with Crippen molar-refractivity contribution in [3.05, 3.63) is 0 Å². The SMILES string of the molecule is CC1(C(=O)O)CCN(C(=O)NC2CC(=O)N(C3CCCCC3)C2)C1. The molecular formula is C17H27N3O4. The monoisotopic (exact) mass is 337 g/mol. The highest BCUT2D eigenvalue weighted by Crippen LogP contribution is 2.30. The van der Waals surface area contributed by atoms with Crippen LogP contribution in [-0.4, -0.2) is 64.5 Å². The van der Waals surface area contributed by atoms with Crippen LogP contribution in [0.25, 0.3) is 0 Å². The van der Waals surface area contributed by atoms with Gasteiger partial charge in [-0.05, 0) is 26.2 Å². The van der Waals surface area contributed by atoms with Crippen LogP contribution < -0.4 is 5.32 Å². The molecule has 7 heteroatoms. The standard InChI is InChI=1S/C17H27N3O4/c1-17(15(22)23)7-8-19(11-17)16(24)18-12-9-14(21)20(10-12)13-5-3-2-4-6-13/h12-13H,2-11H2,1H3,(H,18,24)(H,22,23). The minimum absolute atomic E-state index is 0.129. The fourth-order valence-corrected chi connectivity index (χ4v) is 4.15. The van der Waals surface area contributed by atoms with E-state index in [-0.39, 0.29) is 24.5 Å². The van der Waals surface area contributed by atoms with Gasteiger partial charge in [0, 0.05) is 32.1 Å². The van der Waals surface area contributed by atoms with Crippen molar-refractivity contribution in [3.63, 3.8) is 0 Å². The number of hydrogen-bond acceptors (Lipinski definition) is 3. The van der Waals surface area contributed by atoms with Gasteiger partial charge in [-0.2, -0.15) is 0 Å². The zero-order chi connectivity index (χ0) is 17.3. The second-order valence-corrected chi connectivity index (χ2v) is 7.73. The van der Waals surface area contributed by atoms with Crippen LogP contribution in [0.2, 0.25) is 0 Å². The first-order valence-corrected chi connectivity index (χ1v) is 8.97. The van der Waals surface area contributed by atoms with E-state index in [9.17, 15) is 19.5 Å². The van der Waals surface area contributed by atoms with Crippen LogP contribution in [-0.2, 0) is 9.59 Å². The number of carbonyl (C=O) groups is 3. The number of carboxylic acid groups (broad SMARTS) is 1. The number of aliphatic carboxylic acids is 1. The van der Waals surface area contributed by atoms with E-state index in [1.165, 1.54) is 19.3 Å². The molecule has 0 aromatic heterocycles. The lowest BCUT2D eigenvalue weighted by molar-refractivity contribution is -0.147. The number of likely N-dealkylation sites (tertiary alicyclic amines) is 2. The molecule has 24 heavy (non-hydrogen) atoms. The van der Waals surface area contributed by atoms with Crippen molar-refractivity contribution in [2.75, 3.05) is 19.6 Å². The average Bonchev–Trinajstić information content (AvgIpc) is 3.12. The second kappa shape index (κ2) is 6.61. The normalized spacial score (nSPS) is 31.5. The van der Waals surface area contributed by atoms with E-state index in [0.29, 0.717) is 32.0 Å². The molecule has 0 aromatic rings. The number of hydrogen-bond donors (Lipinski definition) is 2. The number of carboxylic acids is 1. The van der Waals surface area contributed by atoms with E-state index in [1.54, 1.807) is 11.8 Å². The summed E-state index contributed by atoms with van der Waals surface area (Å²) in [6.45, 7) is 2.93. The summed E-state index contributed by atoms with van der Waals surface area (Å²) in [7, 11) is 0. The van der Waals surface area contributed by atoms with Crippen LogP contribution in [0, 0.1) is 5.41 Å².